The number of nitrogens with two attached hydrogens (primary N) is 1. The number of carbonyl (C=O) groups excluding carboxylic acids is 1. The number of hydrogen-bond donors (Lipinski definition) is 1. The van der Waals surface area contributed by atoms with Crippen molar-refractivity contribution in [2.75, 3.05) is 18.0 Å². The minimum Gasteiger partial charge on any atom is -0.488 e. The Morgan fingerprint density at radius 2 is 2.00 bits per heavy atom. The van der Waals surface area contributed by atoms with Gasteiger partial charge in [0.15, 0.2) is 0 Å². The van der Waals surface area contributed by atoms with Crippen LogP contribution in [-0.2, 0) is 6.18 Å². The quantitative estimate of drug-likeness (QED) is 0.920. The molecule has 1 unspecified atom stereocenters. The third-order valence-electron chi connectivity index (χ3n) is 3.99. The molecule has 1 aliphatic rings. The number of pyridine rings is 1. The molecule has 1 aromatic carbocycles. The van der Waals surface area contributed by atoms with E-state index in [0.29, 0.717) is 36.6 Å². The van der Waals surface area contributed by atoms with E-state index < -0.39 is 17.6 Å². The fraction of sp³-hybridized carbons (Fsp3) is 0.294. The molecule has 1 amide bonds. The maximum atomic E-state index is 12.6. The van der Waals surface area contributed by atoms with Crippen LogP contribution in [0.1, 0.15) is 22.3 Å². The molecular formula is C17H16F3N3O2. The molecule has 1 aromatic heterocycles. The normalized spacial score (nSPS) is 17.6. The maximum Gasteiger partial charge on any atom is 0.417 e. The summed E-state index contributed by atoms with van der Waals surface area (Å²) in [6.07, 6.45) is -3.12. The SMILES string of the molecule is NC(=O)c1ccccc1OC1CCN(c2ccc(C(F)(F)F)cn2)C1. The minimum atomic E-state index is -4.40. The molecule has 0 aliphatic carbocycles. The van der Waals surface area contributed by atoms with Gasteiger partial charge in [-0.3, -0.25) is 4.79 Å². The van der Waals surface area contributed by atoms with Gasteiger partial charge < -0.3 is 15.4 Å². The Hall–Kier alpha value is -2.77. The highest BCUT2D eigenvalue weighted by atomic mass is 19.4. The van der Waals surface area contributed by atoms with Crippen LogP contribution in [0, 0.1) is 0 Å². The number of halogens is 3. The first kappa shape index (κ1) is 17.1. The smallest absolute Gasteiger partial charge is 0.417 e. The lowest BCUT2D eigenvalue weighted by Crippen LogP contribution is -2.26. The van der Waals surface area contributed by atoms with Gasteiger partial charge in [-0.1, -0.05) is 12.1 Å². The number of rotatable bonds is 4. The predicted molar refractivity (Wildman–Crippen MR) is 85.4 cm³/mol. The average Bonchev–Trinajstić information content (AvgIpc) is 3.03. The Morgan fingerprint density at radius 1 is 1.24 bits per heavy atom. The molecule has 8 heteroatoms. The van der Waals surface area contributed by atoms with Crippen LogP contribution < -0.4 is 15.4 Å². The van der Waals surface area contributed by atoms with Crippen LogP contribution in [0.4, 0.5) is 19.0 Å². The highest BCUT2D eigenvalue weighted by molar-refractivity contribution is 5.95. The lowest BCUT2D eigenvalue weighted by atomic mass is 10.2. The average molecular weight is 351 g/mol. The molecule has 0 saturated carbocycles. The number of alkyl halides is 3. The van der Waals surface area contributed by atoms with Gasteiger partial charge in [-0.2, -0.15) is 13.2 Å². The second-order valence-electron chi connectivity index (χ2n) is 5.74. The molecule has 2 heterocycles. The Labute approximate surface area is 142 Å². The lowest BCUT2D eigenvalue weighted by molar-refractivity contribution is -0.137. The van der Waals surface area contributed by atoms with Crippen molar-refractivity contribution in [3.63, 3.8) is 0 Å². The number of benzene rings is 1. The Kier molecular flexibility index (Phi) is 4.52. The van der Waals surface area contributed by atoms with Crippen molar-refractivity contribution in [2.45, 2.75) is 18.7 Å². The van der Waals surface area contributed by atoms with Gasteiger partial charge in [-0.15, -0.1) is 0 Å². The van der Waals surface area contributed by atoms with Crippen LogP contribution in [0.3, 0.4) is 0 Å². The number of nitrogens with zero attached hydrogens (tertiary/aromatic N) is 2. The van der Waals surface area contributed by atoms with E-state index in [4.69, 9.17) is 10.5 Å². The van der Waals surface area contributed by atoms with Gasteiger partial charge in [0.2, 0.25) is 0 Å². The van der Waals surface area contributed by atoms with Crippen molar-refractivity contribution in [3.05, 3.63) is 53.7 Å². The lowest BCUT2D eigenvalue weighted by Gasteiger charge is -2.19. The van der Waals surface area contributed by atoms with E-state index in [-0.39, 0.29) is 6.10 Å². The number of hydrogen-bond acceptors (Lipinski definition) is 4. The molecule has 2 aromatic rings. The van der Waals surface area contributed by atoms with E-state index in [1.54, 1.807) is 24.3 Å². The topological polar surface area (TPSA) is 68.5 Å². The molecule has 25 heavy (non-hydrogen) atoms. The summed E-state index contributed by atoms with van der Waals surface area (Å²) >= 11 is 0. The van der Waals surface area contributed by atoms with Crippen LogP contribution in [-0.4, -0.2) is 30.1 Å². The summed E-state index contributed by atoms with van der Waals surface area (Å²) in [5.41, 5.74) is 4.85. The highest BCUT2D eigenvalue weighted by Gasteiger charge is 2.31. The van der Waals surface area contributed by atoms with E-state index in [1.165, 1.54) is 6.07 Å². The van der Waals surface area contributed by atoms with E-state index in [1.807, 2.05) is 4.90 Å². The molecular weight excluding hydrogens is 335 g/mol. The summed E-state index contributed by atoms with van der Waals surface area (Å²) in [5.74, 6) is 0.291. The first-order valence-corrected chi connectivity index (χ1v) is 7.68. The summed E-state index contributed by atoms with van der Waals surface area (Å²) in [6.45, 7) is 1.06. The van der Waals surface area contributed by atoms with Gasteiger partial charge >= 0.3 is 6.18 Å². The molecule has 1 aliphatic heterocycles. The first-order valence-electron chi connectivity index (χ1n) is 7.68. The summed E-state index contributed by atoms with van der Waals surface area (Å²) < 4.78 is 43.6. The van der Waals surface area contributed by atoms with Gasteiger partial charge in [-0.05, 0) is 24.3 Å². The molecule has 0 spiro atoms. The van der Waals surface area contributed by atoms with Crippen LogP contribution in [0.5, 0.6) is 5.75 Å². The molecule has 5 nitrogen and oxygen atoms in total. The van der Waals surface area contributed by atoms with Gasteiger partial charge in [0, 0.05) is 19.2 Å². The Morgan fingerprint density at radius 3 is 2.64 bits per heavy atom. The third kappa shape index (κ3) is 3.84. The van der Waals surface area contributed by atoms with Crippen molar-refractivity contribution >= 4 is 11.7 Å². The molecule has 1 saturated heterocycles. The summed E-state index contributed by atoms with van der Waals surface area (Å²) in [4.78, 5) is 17.2. The van der Waals surface area contributed by atoms with Crippen LogP contribution >= 0.6 is 0 Å². The number of ether oxygens (including phenoxy) is 1. The zero-order chi connectivity index (χ0) is 18.0. The van der Waals surface area contributed by atoms with Gasteiger partial charge in [0.1, 0.15) is 17.7 Å². The molecule has 2 N–H and O–H groups in total. The van der Waals surface area contributed by atoms with E-state index in [9.17, 15) is 18.0 Å². The van der Waals surface area contributed by atoms with E-state index in [0.717, 1.165) is 12.3 Å². The number of anilines is 1. The molecule has 132 valence electrons. The fourth-order valence-corrected chi connectivity index (χ4v) is 2.73. The third-order valence-corrected chi connectivity index (χ3v) is 3.99. The van der Waals surface area contributed by atoms with Crippen LogP contribution in [0.15, 0.2) is 42.6 Å². The summed E-state index contributed by atoms with van der Waals surface area (Å²) in [7, 11) is 0. The Balaban J connectivity index is 1.67. The van der Waals surface area contributed by atoms with Crippen molar-refractivity contribution in [1.82, 2.24) is 4.98 Å². The molecule has 3 rings (SSSR count). The van der Waals surface area contributed by atoms with Crippen LogP contribution in [0.25, 0.3) is 0 Å². The fourth-order valence-electron chi connectivity index (χ4n) is 2.73. The van der Waals surface area contributed by atoms with Gasteiger partial charge in [-0.25, -0.2) is 4.98 Å². The zero-order valence-corrected chi connectivity index (χ0v) is 13.2. The summed E-state index contributed by atoms with van der Waals surface area (Å²) in [6, 6.07) is 9.05. The van der Waals surface area contributed by atoms with E-state index in [2.05, 4.69) is 4.98 Å². The monoisotopic (exact) mass is 351 g/mol. The molecule has 1 fully saturated rings. The summed E-state index contributed by atoms with van der Waals surface area (Å²) in [5, 5.41) is 0. The molecule has 1 atom stereocenters. The van der Waals surface area contributed by atoms with Crippen molar-refractivity contribution < 1.29 is 22.7 Å². The largest absolute Gasteiger partial charge is 0.488 e. The second kappa shape index (κ2) is 6.62. The second-order valence-corrected chi connectivity index (χ2v) is 5.74. The number of primary amides is 1. The van der Waals surface area contributed by atoms with Crippen LogP contribution in [0.2, 0.25) is 0 Å². The van der Waals surface area contributed by atoms with Crippen molar-refractivity contribution in [2.24, 2.45) is 5.73 Å². The molecule has 0 radical (unpaired) electrons. The van der Waals surface area contributed by atoms with Gasteiger partial charge in [0.25, 0.3) is 5.91 Å². The van der Waals surface area contributed by atoms with E-state index >= 15 is 0 Å². The van der Waals surface area contributed by atoms with Gasteiger partial charge in [0.05, 0.1) is 17.7 Å². The number of carbonyl (C=O) groups is 1. The van der Waals surface area contributed by atoms with Crippen molar-refractivity contribution in [3.8, 4) is 5.75 Å². The number of para-hydroxylation sites is 1. The van der Waals surface area contributed by atoms with Crippen molar-refractivity contribution in [1.29, 1.82) is 0 Å². The standard InChI is InChI=1S/C17H16F3N3O2/c18-17(19,20)11-5-6-15(22-9-11)23-8-7-12(10-23)25-14-4-2-1-3-13(14)16(21)24/h1-6,9,12H,7-8,10H2,(H2,21,24). The number of aromatic nitrogens is 1. The highest BCUT2D eigenvalue weighted by Crippen LogP contribution is 2.30. The molecule has 0 bridgehead atoms. The predicted octanol–water partition coefficient (Wildman–Crippen LogP) is 2.86. The Bertz CT molecular complexity index is 762. The zero-order valence-electron chi connectivity index (χ0n) is 13.2. The number of amides is 1. The first-order chi connectivity index (χ1) is 11.8. The maximum absolute atomic E-state index is 12.6. The minimum absolute atomic E-state index is 0.204.